The van der Waals surface area contributed by atoms with Crippen LogP contribution in [-0.2, 0) is 14.3 Å². The van der Waals surface area contributed by atoms with E-state index in [-0.39, 0.29) is 0 Å². The van der Waals surface area contributed by atoms with Gasteiger partial charge < -0.3 is 13.9 Å². The maximum atomic E-state index is 12.3. The van der Waals surface area contributed by atoms with Crippen LogP contribution in [-0.4, -0.2) is 30.6 Å². The average Bonchev–Trinajstić information content (AvgIpc) is 3.13. The number of esters is 2. The van der Waals surface area contributed by atoms with E-state index in [1.54, 1.807) is 36.4 Å². The number of ether oxygens (including phenoxy) is 2. The van der Waals surface area contributed by atoms with E-state index >= 15 is 0 Å². The molecule has 1 aromatic carbocycles. The molecule has 3 aromatic rings. The number of pyridine rings is 1. The van der Waals surface area contributed by atoms with Gasteiger partial charge in [0.1, 0.15) is 5.69 Å². The number of fused-ring (bicyclic) bond motifs is 1. The second-order valence-corrected chi connectivity index (χ2v) is 4.70. The third kappa shape index (κ3) is 3.06. The summed E-state index contributed by atoms with van der Waals surface area (Å²) in [5, 5.41) is 0.637. The number of aromatic nitrogens is 1. The monoisotopic (exact) mass is 311 g/mol. The summed E-state index contributed by atoms with van der Waals surface area (Å²) >= 11 is 0. The molecule has 2 aromatic heterocycles. The standard InChI is InChI=1S/C17H13NO5/c1-21-16(19)10-23-17(20)12-9-14(15-7-4-8-22-15)18-13-6-3-2-5-11(12)13/h2-9H,10H2,1H3. The average molecular weight is 311 g/mol. The Bertz CT molecular complexity index is 855. The zero-order valence-corrected chi connectivity index (χ0v) is 12.3. The molecule has 0 saturated carbocycles. The Balaban J connectivity index is 2.03. The van der Waals surface area contributed by atoms with Crippen LogP contribution in [0.1, 0.15) is 10.4 Å². The number of nitrogens with zero attached hydrogens (tertiary/aromatic N) is 1. The molecule has 0 aliphatic heterocycles. The minimum absolute atomic E-state index is 0.311. The van der Waals surface area contributed by atoms with Gasteiger partial charge in [-0.05, 0) is 24.3 Å². The molecule has 116 valence electrons. The van der Waals surface area contributed by atoms with Gasteiger partial charge in [-0.15, -0.1) is 0 Å². The van der Waals surface area contributed by atoms with Crippen molar-refractivity contribution in [2.45, 2.75) is 0 Å². The van der Waals surface area contributed by atoms with Crippen molar-refractivity contribution in [1.82, 2.24) is 4.98 Å². The van der Waals surface area contributed by atoms with Gasteiger partial charge >= 0.3 is 11.9 Å². The first-order chi connectivity index (χ1) is 11.2. The highest BCUT2D eigenvalue weighted by atomic mass is 16.6. The number of benzene rings is 1. The summed E-state index contributed by atoms with van der Waals surface area (Å²) in [5.41, 5.74) is 1.45. The number of para-hydroxylation sites is 1. The van der Waals surface area contributed by atoms with Crippen molar-refractivity contribution >= 4 is 22.8 Å². The van der Waals surface area contributed by atoms with Crippen molar-refractivity contribution in [2.24, 2.45) is 0 Å². The van der Waals surface area contributed by atoms with Gasteiger partial charge in [-0.2, -0.15) is 0 Å². The van der Waals surface area contributed by atoms with Gasteiger partial charge in [-0.25, -0.2) is 14.6 Å². The van der Waals surface area contributed by atoms with Crippen molar-refractivity contribution < 1.29 is 23.5 Å². The fraction of sp³-hybridized carbons (Fsp3) is 0.118. The number of rotatable bonds is 4. The molecule has 23 heavy (non-hydrogen) atoms. The summed E-state index contributed by atoms with van der Waals surface area (Å²) in [7, 11) is 1.23. The third-order valence-electron chi connectivity index (χ3n) is 3.26. The first-order valence-electron chi connectivity index (χ1n) is 6.86. The highest BCUT2D eigenvalue weighted by molar-refractivity contribution is 6.04. The van der Waals surface area contributed by atoms with E-state index in [9.17, 15) is 9.59 Å². The molecular formula is C17H13NO5. The molecule has 0 bridgehead atoms. The van der Waals surface area contributed by atoms with E-state index in [2.05, 4.69) is 9.72 Å². The van der Waals surface area contributed by atoms with Gasteiger partial charge in [0.15, 0.2) is 12.4 Å². The second kappa shape index (κ2) is 6.31. The van der Waals surface area contributed by atoms with Crippen LogP contribution in [0.2, 0.25) is 0 Å². The Kier molecular flexibility index (Phi) is 4.05. The molecule has 0 aliphatic rings. The Morgan fingerprint density at radius 2 is 2.00 bits per heavy atom. The van der Waals surface area contributed by atoms with E-state index in [4.69, 9.17) is 9.15 Å². The van der Waals surface area contributed by atoms with Crippen molar-refractivity contribution in [1.29, 1.82) is 0 Å². The van der Waals surface area contributed by atoms with E-state index in [0.717, 1.165) is 0 Å². The van der Waals surface area contributed by atoms with Crippen molar-refractivity contribution in [2.75, 3.05) is 13.7 Å². The van der Waals surface area contributed by atoms with Crippen LogP contribution in [0.25, 0.3) is 22.4 Å². The molecule has 3 rings (SSSR count). The lowest BCUT2D eigenvalue weighted by Gasteiger charge is -2.08. The van der Waals surface area contributed by atoms with Crippen LogP contribution >= 0.6 is 0 Å². The van der Waals surface area contributed by atoms with Crippen molar-refractivity contribution in [3.05, 3.63) is 54.3 Å². The molecule has 0 aliphatic carbocycles. The highest BCUT2D eigenvalue weighted by Crippen LogP contribution is 2.25. The van der Waals surface area contributed by atoms with Gasteiger partial charge in [0, 0.05) is 5.39 Å². The van der Waals surface area contributed by atoms with Crippen LogP contribution in [0.3, 0.4) is 0 Å². The first kappa shape index (κ1) is 14.8. The molecule has 0 spiro atoms. The zero-order valence-electron chi connectivity index (χ0n) is 12.3. The summed E-state index contributed by atoms with van der Waals surface area (Å²) in [4.78, 5) is 27.9. The predicted octanol–water partition coefficient (Wildman–Crippen LogP) is 2.82. The van der Waals surface area contributed by atoms with E-state index in [1.165, 1.54) is 13.4 Å². The molecule has 6 nitrogen and oxygen atoms in total. The molecule has 0 N–H and O–H groups in total. The number of methoxy groups -OCH3 is 1. The maximum absolute atomic E-state index is 12.3. The highest BCUT2D eigenvalue weighted by Gasteiger charge is 2.17. The lowest BCUT2D eigenvalue weighted by Crippen LogP contribution is -2.15. The van der Waals surface area contributed by atoms with Gasteiger partial charge in [0.25, 0.3) is 0 Å². The fourth-order valence-corrected chi connectivity index (χ4v) is 2.16. The lowest BCUT2D eigenvalue weighted by atomic mass is 10.1. The Labute approximate surface area is 131 Å². The Morgan fingerprint density at radius 3 is 2.74 bits per heavy atom. The smallest absolute Gasteiger partial charge is 0.344 e. The number of hydrogen-bond acceptors (Lipinski definition) is 6. The van der Waals surface area contributed by atoms with Gasteiger partial charge in [-0.3, -0.25) is 0 Å². The summed E-state index contributed by atoms with van der Waals surface area (Å²) in [6.45, 7) is -0.442. The normalized spacial score (nSPS) is 10.5. The van der Waals surface area contributed by atoms with Crippen LogP contribution in [0, 0.1) is 0 Å². The Morgan fingerprint density at radius 1 is 1.17 bits per heavy atom. The molecule has 0 atom stereocenters. The largest absolute Gasteiger partial charge is 0.466 e. The number of carbonyl (C=O) groups excluding carboxylic acids is 2. The summed E-state index contributed by atoms with van der Waals surface area (Å²) in [5.74, 6) is -0.706. The molecule has 0 radical (unpaired) electrons. The van der Waals surface area contributed by atoms with E-state index < -0.39 is 18.5 Å². The molecule has 0 amide bonds. The molecule has 2 heterocycles. The van der Waals surface area contributed by atoms with Gasteiger partial charge in [0.05, 0.1) is 24.5 Å². The summed E-state index contributed by atoms with van der Waals surface area (Å²) in [6.07, 6.45) is 1.53. The van der Waals surface area contributed by atoms with E-state index in [1.807, 2.05) is 6.07 Å². The molecule has 0 saturated heterocycles. The summed E-state index contributed by atoms with van der Waals surface area (Å²) < 4.78 is 14.8. The number of furan rings is 1. The quantitative estimate of drug-likeness (QED) is 0.689. The fourth-order valence-electron chi connectivity index (χ4n) is 2.16. The molecular weight excluding hydrogens is 298 g/mol. The minimum Gasteiger partial charge on any atom is -0.466 e. The van der Waals surface area contributed by atoms with Crippen LogP contribution in [0.4, 0.5) is 0 Å². The predicted molar refractivity (Wildman–Crippen MR) is 81.7 cm³/mol. The van der Waals surface area contributed by atoms with Crippen LogP contribution < -0.4 is 0 Å². The van der Waals surface area contributed by atoms with E-state index in [0.29, 0.717) is 27.9 Å². The molecule has 0 unspecified atom stereocenters. The van der Waals surface area contributed by atoms with Gasteiger partial charge in [-0.1, -0.05) is 18.2 Å². The number of carbonyl (C=O) groups is 2. The lowest BCUT2D eigenvalue weighted by molar-refractivity contribution is -0.144. The Hall–Kier alpha value is -3.15. The zero-order chi connectivity index (χ0) is 16.2. The van der Waals surface area contributed by atoms with Crippen molar-refractivity contribution in [3.63, 3.8) is 0 Å². The van der Waals surface area contributed by atoms with Crippen LogP contribution in [0.15, 0.2) is 53.1 Å². The minimum atomic E-state index is -0.623. The SMILES string of the molecule is COC(=O)COC(=O)c1cc(-c2ccco2)nc2ccccc12. The number of hydrogen-bond donors (Lipinski definition) is 0. The second-order valence-electron chi connectivity index (χ2n) is 4.70. The third-order valence-corrected chi connectivity index (χ3v) is 3.26. The summed E-state index contributed by atoms with van der Waals surface area (Å²) in [6, 6.07) is 12.3. The van der Waals surface area contributed by atoms with Crippen molar-refractivity contribution in [3.8, 4) is 11.5 Å². The molecule has 0 fully saturated rings. The van der Waals surface area contributed by atoms with Gasteiger partial charge in [0.2, 0.25) is 0 Å². The van der Waals surface area contributed by atoms with Crippen LogP contribution in [0.5, 0.6) is 0 Å². The molecule has 6 heteroatoms. The maximum Gasteiger partial charge on any atom is 0.344 e. The topological polar surface area (TPSA) is 78.6 Å². The first-order valence-corrected chi connectivity index (χ1v) is 6.86.